The van der Waals surface area contributed by atoms with Crippen LogP contribution in [-0.2, 0) is 4.79 Å². The summed E-state index contributed by atoms with van der Waals surface area (Å²) in [5.74, 6) is -0.292. The number of nitrogens with one attached hydrogen (secondary N) is 1. The van der Waals surface area contributed by atoms with E-state index in [1.807, 2.05) is 12.1 Å². The van der Waals surface area contributed by atoms with Crippen LogP contribution in [0.25, 0.3) is 6.08 Å². The molecule has 0 spiro atoms. The van der Waals surface area contributed by atoms with Gasteiger partial charge in [0.25, 0.3) is 5.91 Å². The highest BCUT2D eigenvalue weighted by Gasteiger charge is 2.17. The first-order chi connectivity index (χ1) is 9.29. The van der Waals surface area contributed by atoms with Crippen LogP contribution in [0.1, 0.15) is 37.8 Å². The van der Waals surface area contributed by atoms with Gasteiger partial charge in [-0.05, 0) is 31.1 Å². The monoisotopic (exact) mass is 255 g/mol. The summed E-state index contributed by atoms with van der Waals surface area (Å²) in [5.41, 5.74) is 0.738. The molecule has 1 amide bonds. The van der Waals surface area contributed by atoms with Gasteiger partial charge >= 0.3 is 0 Å². The van der Waals surface area contributed by atoms with Crippen molar-refractivity contribution in [1.82, 2.24) is 10.3 Å². The molecule has 19 heavy (non-hydrogen) atoms. The van der Waals surface area contributed by atoms with Gasteiger partial charge in [-0.1, -0.05) is 25.3 Å². The number of pyridine rings is 1. The van der Waals surface area contributed by atoms with E-state index in [0.717, 1.165) is 25.7 Å². The normalized spacial score (nSPS) is 16.7. The van der Waals surface area contributed by atoms with Gasteiger partial charge in [0.05, 0.1) is 5.69 Å². The van der Waals surface area contributed by atoms with E-state index in [-0.39, 0.29) is 17.5 Å². The molecule has 2 rings (SSSR count). The molecule has 0 saturated heterocycles. The Morgan fingerprint density at radius 2 is 2.16 bits per heavy atom. The van der Waals surface area contributed by atoms with Crippen molar-refractivity contribution in [2.75, 3.05) is 0 Å². The van der Waals surface area contributed by atoms with Crippen LogP contribution in [0.15, 0.2) is 30.0 Å². The Morgan fingerprint density at radius 1 is 1.37 bits per heavy atom. The van der Waals surface area contributed by atoms with Crippen LogP contribution in [-0.4, -0.2) is 16.9 Å². The fraction of sp³-hybridized carbons (Fsp3) is 0.400. The lowest BCUT2D eigenvalue weighted by molar-refractivity contribution is -0.117. The molecule has 1 aromatic heterocycles. The van der Waals surface area contributed by atoms with Crippen molar-refractivity contribution in [1.29, 1.82) is 5.26 Å². The molecule has 1 aliphatic carbocycles. The molecule has 4 nitrogen and oxygen atoms in total. The zero-order chi connectivity index (χ0) is 13.5. The highest BCUT2D eigenvalue weighted by atomic mass is 16.1. The van der Waals surface area contributed by atoms with Crippen molar-refractivity contribution in [3.05, 3.63) is 35.7 Å². The number of amides is 1. The SMILES string of the molecule is N#C/C(=C/c1ccccn1)C(=O)NC1CCCCC1. The maximum absolute atomic E-state index is 12.0. The summed E-state index contributed by atoms with van der Waals surface area (Å²) >= 11 is 0. The molecule has 0 unspecified atom stereocenters. The average molecular weight is 255 g/mol. The lowest BCUT2D eigenvalue weighted by atomic mass is 9.95. The van der Waals surface area contributed by atoms with Crippen molar-refractivity contribution in [2.24, 2.45) is 0 Å². The van der Waals surface area contributed by atoms with Gasteiger partial charge in [-0.3, -0.25) is 9.78 Å². The second kappa shape index (κ2) is 6.69. The first-order valence-corrected chi connectivity index (χ1v) is 6.63. The van der Waals surface area contributed by atoms with E-state index in [0.29, 0.717) is 5.69 Å². The van der Waals surface area contributed by atoms with E-state index >= 15 is 0 Å². The molecule has 98 valence electrons. The fourth-order valence-corrected chi connectivity index (χ4v) is 2.27. The van der Waals surface area contributed by atoms with Gasteiger partial charge in [0.1, 0.15) is 11.6 Å². The fourth-order valence-electron chi connectivity index (χ4n) is 2.27. The maximum atomic E-state index is 12.0. The zero-order valence-corrected chi connectivity index (χ0v) is 10.8. The van der Waals surface area contributed by atoms with Gasteiger partial charge in [-0.2, -0.15) is 5.26 Å². The molecule has 0 aliphatic heterocycles. The Labute approximate surface area is 113 Å². The van der Waals surface area contributed by atoms with E-state index in [4.69, 9.17) is 5.26 Å². The van der Waals surface area contributed by atoms with Crippen molar-refractivity contribution in [3.8, 4) is 6.07 Å². The molecular formula is C15H17N3O. The number of hydrogen-bond donors (Lipinski definition) is 1. The molecule has 1 aromatic rings. The minimum atomic E-state index is -0.292. The Hall–Kier alpha value is -2.15. The summed E-state index contributed by atoms with van der Waals surface area (Å²) < 4.78 is 0. The van der Waals surface area contributed by atoms with Crippen LogP contribution in [0.2, 0.25) is 0 Å². The molecule has 0 atom stereocenters. The molecule has 0 radical (unpaired) electrons. The molecule has 4 heteroatoms. The molecule has 1 aliphatic rings. The van der Waals surface area contributed by atoms with Crippen LogP contribution in [0.3, 0.4) is 0 Å². The highest BCUT2D eigenvalue weighted by molar-refractivity contribution is 6.01. The summed E-state index contributed by atoms with van der Waals surface area (Å²) in [7, 11) is 0. The van der Waals surface area contributed by atoms with Gasteiger partial charge in [0.2, 0.25) is 0 Å². The smallest absolute Gasteiger partial charge is 0.262 e. The van der Waals surface area contributed by atoms with Crippen LogP contribution in [0.5, 0.6) is 0 Å². The van der Waals surface area contributed by atoms with Crippen molar-refractivity contribution >= 4 is 12.0 Å². The number of rotatable bonds is 3. The van der Waals surface area contributed by atoms with Crippen LogP contribution in [0.4, 0.5) is 0 Å². The Balaban J connectivity index is 2.03. The Morgan fingerprint density at radius 3 is 2.79 bits per heavy atom. The molecule has 1 saturated carbocycles. The molecule has 1 N–H and O–H groups in total. The van der Waals surface area contributed by atoms with E-state index in [9.17, 15) is 4.79 Å². The number of hydrogen-bond acceptors (Lipinski definition) is 3. The predicted molar refractivity (Wildman–Crippen MR) is 72.8 cm³/mol. The summed E-state index contributed by atoms with van der Waals surface area (Å²) in [6.45, 7) is 0. The topological polar surface area (TPSA) is 65.8 Å². The molecule has 1 heterocycles. The number of nitrogens with zero attached hydrogens (tertiary/aromatic N) is 2. The van der Waals surface area contributed by atoms with Gasteiger partial charge in [-0.25, -0.2) is 0 Å². The van der Waals surface area contributed by atoms with Crippen molar-refractivity contribution in [3.63, 3.8) is 0 Å². The van der Waals surface area contributed by atoms with Crippen LogP contribution >= 0.6 is 0 Å². The Bertz CT molecular complexity index is 496. The lowest BCUT2D eigenvalue weighted by Crippen LogP contribution is -2.36. The second-order valence-electron chi connectivity index (χ2n) is 4.73. The van der Waals surface area contributed by atoms with E-state index < -0.39 is 0 Å². The predicted octanol–water partition coefficient (Wildman–Crippen LogP) is 2.44. The Kier molecular flexibility index (Phi) is 4.68. The van der Waals surface area contributed by atoms with Crippen molar-refractivity contribution < 1.29 is 4.79 Å². The first kappa shape index (κ1) is 13.3. The first-order valence-electron chi connectivity index (χ1n) is 6.63. The van der Waals surface area contributed by atoms with Crippen LogP contribution in [0, 0.1) is 11.3 Å². The largest absolute Gasteiger partial charge is 0.349 e. The standard InChI is InChI=1S/C15H17N3O/c16-11-12(10-14-8-4-5-9-17-14)15(19)18-13-6-2-1-3-7-13/h4-5,8-10,13H,1-3,6-7H2,(H,18,19)/b12-10-. The number of carbonyl (C=O) groups excluding carboxylic acids is 1. The third-order valence-corrected chi connectivity index (χ3v) is 3.29. The number of carbonyl (C=O) groups is 1. The molecule has 1 fully saturated rings. The number of aromatic nitrogens is 1. The van der Waals surface area contributed by atoms with E-state index in [1.165, 1.54) is 12.5 Å². The second-order valence-corrected chi connectivity index (χ2v) is 4.73. The van der Waals surface area contributed by atoms with Gasteiger partial charge in [0.15, 0.2) is 0 Å². The minimum absolute atomic E-state index is 0.115. The molecule has 0 aromatic carbocycles. The molecular weight excluding hydrogens is 238 g/mol. The molecule has 0 bridgehead atoms. The van der Waals surface area contributed by atoms with E-state index in [2.05, 4.69) is 10.3 Å². The minimum Gasteiger partial charge on any atom is -0.349 e. The average Bonchev–Trinajstić information content (AvgIpc) is 2.47. The number of nitriles is 1. The van der Waals surface area contributed by atoms with Gasteiger partial charge in [0, 0.05) is 12.2 Å². The highest BCUT2D eigenvalue weighted by Crippen LogP contribution is 2.17. The third kappa shape index (κ3) is 3.92. The summed E-state index contributed by atoms with van der Waals surface area (Å²) in [6.07, 6.45) is 8.72. The zero-order valence-electron chi connectivity index (χ0n) is 10.8. The summed E-state index contributed by atoms with van der Waals surface area (Å²) in [4.78, 5) is 16.1. The van der Waals surface area contributed by atoms with Crippen molar-refractivity contribution in [2.45, 2.75) is 38.1 Å². The summed E-state index contributed by atoms with van der Waals surface area (Å²) in [6, 6.07) is 7.55. The maximum Gasteiger partial charge on any atom is 0.262 e. The third-order valence-electron chi connectivity index (χ3n) is 3.29. The summed E-state index contributed by atoms with van der Waals surface area (Å²) in [5, 5.41) is 12.0. The van der Waals surface area contributed by atoms with Crippen LogP contribution < -0.4 is 5.32 Å². The lowest BCUT2D eigenvalue weighted by Gasteiger charge is -2.22. The quantitative estimate of drug-likeness (QED) is 0.666. The van der Waals surface area contributed by atoms with E-state index in [1.54, 1.807) is 18.3 Å². The van der Waals surface area contributed by atoms with Gasteiger partial charge < -0.3 is 5.32 Å². The van der Waals surface area contributed by atoms with Gasteiger partial charge in [-0.15, -0.1) is 0 Å².